The second-order valence-corrected chi connectivity index (χ2v) is 7.31. The summed E-state index contributed by atoms with van der Waals surface area (Å²) in [5, 5.41) is 0. The average molecular weight is 315 g/mol. The predicted molar refractivity (Wildman–Crippen MR) is 79.9 cm³/mol. The number of benzene rings is 1. The van der Waals surface area contributed by atoms with Crippen LogP contribution < -0.4 is 10.5 Å². The summed E-state index contributed by atoms with van der Waals surface area (Å²) in [4.78, 5) is 2.21. The normalized spacial score (nSPS) is 20.1. The molecule has 1 unspecified atom stereocenters. The van der Waals surface area contributed by atoms with Gasteiger partial charge >= 0.3 is 0 Å². The van der Waals surface area contributed by atoms with E-state index in [9.17, 15) is 12.8 Å². The third kappa shape index (κ3) is 3.60. The van der Waals surface area contributed by atoms with E-state index in [0.717, 1.165) is 19.4 Å². The lowest BCUT2D eigenvalue weighted by molar-refractivity contribution is 0.311. The highest BCUT2D eigenvalue weighted by Crippen LogP contribution is 2.20. The minimum Gasteiger partial charge on any atom is -0.326 e. The molecule has 0 aliphatic carbocycles. The van der Waals surface area contributed by atoms with Gasteiger partial charge < -0.3 is 10.6 Å². The van der Waals surface area contributed by atoms with Gasteiger partial charge in [-0.25, -0.2) is 17.5 Å². The van der Waals surface area contributed by atoms with Gasteiger partial charge in [-0.15, -0.1) is 0 Å². The molecular weight excluding hydrogens is 293 g/mol. The molecule has 2 rings (SSSR count). The maximum Gasteiger partial charge on any atom is 0.240 e. The van der Waals surface area contributed by atoms with E-state index in [0.29, 0.717) is 6.54 Å². The Kier molecular flexibility index (Phi) is 4.98. The summed E-state index contributed by atoms with van der Waals surface area (Å²) in [6.45, 7) is 2.87. The van der Waals surface area contributed by atoms with Crippen molar-refractivity contribution < 1.29 is 12.8 Å². The molecule has 0 saturated carbocycles. The molecule has 118 valence electrons. The van der Waals surface area contributed by atoms with Gasteiger partial charge in [-0.2, -0.15) is 0 Å². The molecule has 0 spiro atoms. The number of nitrogens with zero attached hydrogens (tertiary/aromatic N) is 1. The van der Waals surface area contributed by atoms with Gasteiger partial charge in [0.05, 0.1) is 4.90 Å². The molecule has 1 atom stereocenters. The van der Waals surface area contributed by atoms with Gasteiger partial charge in [0.25, 0.3) is 0 Å². The Morgan fingerprint density at radius 2 is 2.19 bits per heavy atom. The van der Waals surface area contributed by atoms with Gasteiger partial charge in [0.2, 0.25) is 10.0 Å². The molecule has 0 aromatic heterocycles. The first-order valence-electron chi connectivity index (χ1n) is 7.04. The molecule has 3 N–H and O–H groups in total. The zero-order valence-electron chi connectivity index (χ0n) is 12.4. The first kappa shape index (κ1) is 16.4. The van der Waals surface area contributed by atoms with E-state index in [1.165, 1.54) is 19.1 Å². The number of nitrogens with one attached hydrogen (secondary N) is 1. The van der Waals surface area contributed by atoms with Crippen molar-refractivity contribution in [1.82, 2.24) is 9.62 Å². The number of halogens is 1. The van der Waals surface area contributed by atoms with Crippen LogP contribution in [0.4, 0.5) is 4.39 Å². The van der Waals surface area contributed by atoms with Gasteiger partial charge in [-0.05, 0) is 51.1 Å². The van der Waals surface area contributed by atoms with E-state index in [4.69, 9.17) is 5.73 Å². The third-order valence-electron chi connectivity index (χ3n) is 4.01. The Morgan fingerprint density at radius 1 is 1.48 bits per heavy atom. The summed E-state index contributed by atoms with van der Waals surface area (Å²) in [5.41, 5.74) is 5.97. The van der Waals surface area contributed by atoms with Gasteiger partial charge in [-0.1, -0.05) is 0 Å². The van der Waals surface area contributed by atoms with E-state index in [2.05, 4.69) is 9.62 Å². The maximum atomic E-state index is 13.8. The third-order valence-corrected chi connectivity index (χ3v) is 5.42. The molecule has 1 aliphatic heterocycles. The number of hydrogen-bond acceptors (Lipinski definition) is 4. The molecule has 1 aromatic rings. The summed E-state index contributed by atoms with van der Waals surface area (Å²) < 4.78 is 41.0. The number of nitrogens with two attached hydrogens (primary N) is 1. The molecule has 0 radical (unpaired) electrons. The lowest BCUT2D eigenvalue weighted by Gasteiger charge is -2.20. The number of likely N-dealkylation sites (N-methyl/N-ethyl adjacent to an activating group) is 1. The van der Waals surface area contributed by atoms with Crippen LogP contribution in [0, 0.1) is 12.7 Å². The predicted octanol–water partition coefficient (Wildman–Crippen LogP) is 0.965. The van der Waals surface area contributed by atoms with Gasteiger partial charge in [0.15, 0.2) is 0 Å². The van der Waals surface area contributed by atoms with Crippen molar-refractivity contribution in [2.24, 2.45) is 5.73 Å². The standard InChI is InChI=1S/C14H22FN3O2S/c1-10-6-13(7-11(8-16)14(10)15)21(19,20)17-9-12-4-3-5-18(12)2/h6-7,12,17H,3-5,8-9,16H2,1-2H3. The Balaban J connectivity index is 2.17. The van der Waals surface area contributed by atoms with Crippen molar-refractivity contribution in [3.63, 3.8) is 0 Å². The average Bonchev–Trinajstić information content (AvgIpc) is 2.85. The molecule has 1 aliphatic rings. The molecule has 1 heterocycles. The van der Waals surface area contributed by atoms with Crippen LogP contribution in [0.25, 0.3) is 0 Å². The number of aryl methyl sites for hydroxylation is 1. The number of rotatable bonds is 5. The van der Waals surface area contributed by atoms with Crippen LogP contribution in [0.2, 0.25) is 0 Å². The molecule has 21 heavy (non-hydrogen) atoms. The highest BCUT2D eigenvalue weighted by atomic mass is 32.2. The van der Waals surface area contributed by atoms with Crippen molar-refractivity contribution in [1.29, 1.82) is 0 Å². The molecular formula is C14H22FN3O2S. The van der Waals surface area contributed by atoms with Gasteiger partial charge in [0, 0.05) is 24.7 Å². The minimum absolute atomic E-state index is 0.0264. The summed E-state index contributed by atoms with van der Waals surface area (Å²) in [6.07, 6.45) is 2.06. The first-order valence-corrected chi connectivity index (χ1v) is 8.52. The molecule has 1 saturated heterocycles. The zero-order chi connectivity index (χ0) is 15.6. The van der Waals surface area contributed by atoms with E-state index < -0.39 is 15.8 Å². The topological polar surface area (TPSA) is 75.4 Å². The molecule has 1 fully saturated rings. The summed E-state index contributed by atoms with van der Waals surface area (Å²) >= 11 is 0. The smallest absolute Gasteiger partial charge is 0.240 e. The fourth-order valence-electron chi connectivity index (χ4n) is 2.64. The fraction of sp³-hybridized carbons (Fsp3) is 0.571. The number of sulfonamides is 1. The monoisotopic (exact) mass is 315 g/mol. The van der Waals surface area contributed by atoms with Crippen LogP contribution >= 0.6 is 0 Å². The highest BCUT2D eigenvalue weighted by Gasteiger charge is 2.24. The van der Waals surface area contributed by atoms with Crippen LogP contribution in [-0.4, -0.2) is 39.5 Å². The molecule has 5 nitrogen and oxygen atoms in total. The van der Waals surface area contributed by atoms with E-state index in [-0.39, 0.29) is 28.6 Å². The quantitative estimate of drug-likeness (QED) is 0.849. The van der Waals surface area contributed by atoms with E-state index in [1.54, 1.807) is 0 Å². The number of hydrogen-bond donors (Lipinski definition) is 2. The Morgan fingerprint density at radius 3 is 2.76 bits per heavy atom. The number of likely N-dealkylation sites (tertiary alicyclic amines) is 1. The summed E-state index contributed by atoms with van der Waals surface area (Å²) in [5.74, 6) is -0.438. The molecule has 0 amide bonds. The maximum absolute atomic E-state index is 13.8. The highest BCUT2D eigenvalue weighted by molar-refractivity contribution is 7.89. The van der Waals surface area contributed by atoms with Crippen molar-refractivity contribution in [2.75, 3.05) is 20.1 Å². The Hall–Kier alpha value is -1.02. The SMILES string of the molecule is Cc1cc(S(=O)(=O)NCC2CCCN2C)cc(CN)c1F. The van der Waals surface area contributed by atoms with E-state index >= 15 is 0 Å². The van der Waals surface area contributed by atoms with Crippen LogP contribution in [0.3, 0.4) is 0 Å². The fourth-order valence-corrected chi connectivity index (χ4v) is 3.84. The van der Waals surface area contributed by atoms with Crippen LogP contribution in [0.1, 0.15) is 24.0 Å². The zero-order valence-corrected chi connectivity index (χ0v) is 13.2. The van der Waals surface area contributed by atoms with Crippen molar-refractivity contribution in [3.05, 3.63) is 29.1 Å². The molecule has 1 aromatic carbocycles. The van der Waals surface area contributed by atoms with Crippen molar-refractivity contribution in [2.45, 2.75) is 37.2 Å². The van der Waals surface area contributed by atoms with Gasteiger partial charge in [-0.3, -0.25) is 0 Å². The largest absolute Gasteiger partial charge is 0.326 e. The van der Waals surface area contributed by atoms with Gasteiger partial charge in [0.1, 0.15) is 5.82 Å². The minimum atomic E-state index is -3.64. The molecule has 0 bridgehead atoms. The molecule has 7 heteroatoms. The van der Waals surface area contributed by atoms with Crippen LogP contribution in [0.15, 0.2) is 17.0 Å². The second kappa shape index (κ2) is 6.39. The first-order chi connectivity index (χ1) is 9.85. The van der Waals surface area contributed by atoms with Crippen molar-refractivity contribution in [3.8, 4) is 0 Å². The summed E-state index contributed by atoms with van der Waals surface area (Å²) in [7, 11) is -1.66. The van der Waals surface area contributed by atoms with Crippen molar-refractivity contribution >= 4 is 10.0 Å². The Labute approximate surface area is 125 Å². The Bertz CT molecular complexity index is 619. The van der Waals surface area contributed by atoms with Crippen LogP contribution in [-0.2, 0) is 16.6 Å². The second-order valence-electron chi connectivity index (χ2n) is 5.55. The lowest BCUT2D eigenvalue weighted by atomic mass is 10.1. The summed E-state index contributed by atoms with van der Waals surface area (Å²) in [6, 6.07) is 2.87. The lowest BCUT2D eigenvalue weighted by Crippen LogP contribution is -2.38. The van der Waals surface area contributed by atoms with E-state index in [1.807, 2.05) is 7.05 Å². The van der Waals surface area contributed by atoms with Crippen LogP contribution in [0.5, 0.6) is 0 Å².